The summed E-state index contributed by atoms with van der Waals surface area (Å²) in [6, 6.07) is 9.60. The van der Waals surface area contributed by atoms with Crippen molar-refractivity contribution in [3.63, 3.8) is 0 Å². The molecule has 0 aliphatic heterocycles. The lowest BCUT2D eigenvalue weighted by molar-refractivity contribution is -0.114. The van der Waals surface area contributed by atoms with Crippen molar-refractivity contribution in [2.75, 3.05) is 24.3 Å². The van der Waals surface area contributed by atoms with Gasteiger partial charge in [0.25, 0.3) is 0 Å². The van der Waals surface area contributed by atoms with E-state index in [9.17, 15) is 18.0 Å². The lowest BCUT2D eigenvalue weighted by atomic mass is 10.2. The Labute approximate surface area is 136 Å². The first-order valence-corrected chi connectivity index (χ1v) is 6.90. The van der Waals surface area contributed by atoms with Gasteiger partial charge in [0, 0.05) is 17.4 Å². The number of benzene rings is 2. The van der Waals surface area contributed by atoms with E-state index in [1.807, 2.05) is 0 Å². The Morgan fingerprint density at radius 3 is 2.38 bits per heavy atom. The van der Waals surface area contributed by atoms with Gasteiger partial charge in [-0.1, -0.05) is 0 Å². The number of nitrogens with one attached hydrogen (secondary N) is 2. The quantitative estimate of drug-likeness (QED) is 0.810. The van der Waals surface area contributed by atoms with E-state index in [1.54, 1.807) is 6.07 Å². The van der Waals surface area contributed by atoms with E-state index in [0.29, 0.717) is 11.4 Å². The van der Waals surface area contributed by atoms with Gasteiger partial charge in [-0.3, -0.25) is 4.79 Å². The van der Waals surface area contributed by atoms with Gasteiger partial charge in [0.2, 0.25) is 5.91 Å². The second kappa shape index (κ2) is 8.09. The summed E-state index contributed by atoms with van der Waals surface area (Å²) in [6.07, 6.45) is 0. The molecule has 0 aliphatic carbocycles. The van der Waals surface area contributed by atoms with Crippen molar-refractivity contribution in [1.82, 2.24) is 0 Å². The van der Waals surface area contributed by atoms with Gasteiger partial charge >= 0.3 is 6.61 Å². The largest absolute Gasteiger partial charge is 0.493 e. The smallest absolute Gasteiger partial charge is 0.387 e. The van der Waals surface area contributed by atoms with Crippen LogP contribution in [0.1, 0.15) is 0 Å². The zero-order valence-corrected chi connectivity index (χ0v) is 12.7. The molecule has 2 aromatic carbocycles. The minimum absolute atomic E-state index is 0.113. The van der Waals surface area contributed by atoms with E-state index in [2.05, 4.69) is 15.4 Å². The first-order chi connectivity index (χ1) is 11.5. The highest BCUT2D eigenvalue weighted by atomic mass is 19.3. The van der Waals surface area contributed by atoms with Gasteiger partial charge in [0.15, 0.2) is 11.5 Å². The van der Waals surface area contributed by atoms with Crippen molar-refractivity contribution >= 4 is 17.3 Å². The number of halogens is 3. The number of hydrogen-bond donors (Lipinski definition) is 2. The summed E-state index contributed by atoms with van der Waals surface area (Å²) in [7, 11) is 1.33. The summed E-state index contributed by atoms with van der Waals surface area (Å²) >= 11 is 0. The second-order valence-electron chi connectivity index (χ2n) is 4.65. The first kappa shape index (κ1) is 17.5. The molecule has 0 atom stereocenters. The minimum atomic E-state index is -2.99. The highest BCUT2D eigenvalue weighted by molar-refractivity contribution is 5.93. The van der Waals surface area contributed by atoms with Crippen molar-refractivity contribution < 1.29 is 27.4 Å². The van der Waals surface area contributed by atoms with Crippen LogP contribution in [0.15, 0.2) is 42.5 Å². The normalized spacial score (nSPS) is 10.4. The molecule has 0 saturated heterocycles. The number of carbonyl (C=O) groups is 1. The van der Waals surface area contributed by atoms with E-state index in [1.165, 1.54) is 43.5 Å². The van der Waals surface area contributed by atoms with Crippen molar-refractivity contribution in [3.05, 3.63) is 48.3 Å². The van der Waals surface area contributed by atoms with Crippen LogP contribution in [0.5, 0.6) is 11.5 Å². The predicted octanol–water partition coefficient (Wildman–Crippen LogP) is 3.49. The lowest BCUT2D eigenvalue weighted by Crippen LogP contribution is -2.21. The molecule has 0 unspecified atom stereocenters. The predicted molar refractivity (Wildman–Crippen MR) is 83.1 cm³/mol. The Morgan fingerprint density at radius 2 is 1.75 bits per heavy atom. The molecule has 24 heavy (non-hydrogen) atoms. The van der Waals surface area contributed by atoms with Crippen LogP contribution in [0.2, 0.25) is 0 Å². The van der Waals surface area contributed by atoms with Gasteiger partial charge in [-0.05, 0) is 36.4 Å². The molecule has 5 nitrogen and oxygen atoms in total. The van der Waals surface area contributed by atoms with Crippen LogP contribution in [0.25, 0.3) is 0 Å². The summed E-state index contributed by atoms with van der Waals surface area (Å²) in [6.45, 7) is -3.10. The standard InChI is InChI=1S/C16H15F3N2O3/c1-23-13-7-6-12(8-14(13)24-16(18)19)20-9-15(22)21-11-4-2-10(17)3-5-11/h2-8,16,20H,9H2,1H3,(H,21,22). The molecule has 0 spiro atoms. The molecule has 8 heteroatoms. The third kappa shape index (κ3) is 5.08. The number of amides is 1. The number of hydrogen-bond acceptors (Lipinski definition) is 4. The Kier molecular flexibility index (Phi) is 5.89. The fraction of sp³-hybridized carbons (Fsp3) is 0.188. The summed E-state index contributed by atoms with van der Waals surface area (Å²) < 4.78 is 46.8. The van der Waals surface area contributed by atoms with E-state index < -0.39 is 12.4 Å². The first-order valence-electron chi connectivity index (χ1n) is 6.90. The summed E-state index contributed by atoms with van der Waals surface area (Å²) in [5.41, 5.74) is 0.848. The summed E-state index contributed by atoms with van der Waals surface area (Å²) in [5, 5.41) is 5.34. The van der Waals surface area contributed by atoms with Crippen LogP contribution < -0.4 is 20.1 Å². The van der Waals surface area contributed by atoms with Crippen LogP contribution in [0.3, 0.4) is 0 Å². The zero-order chi connectivity index (χ0) is 17.5. The molecule has 2 N–H and O–H groups in total. The number of ether oxygens (including phenoxy) is 2. The topological polar surface area (TPSA) is 59.6 Å². The summed E-state index contributed by atoms with van der Waals surface area (Å²) in [4.78, 5) is 11.8. The van der Waals surface area contributed by atoms with Crippen LogP contribution >= 0.6 is 0 Å². The van der Waals surface area contributed by atoms with Crippen molar-refractivity contribution in [1.29, 1.82) is 0 Å². The SMILES string of the molecule is COc1ccc(NCC(=O)Nc2ccc(F)cc2)cc1OC(F)F. The van der Waals surface area contributed by atoms with Gasteiger partial charge in [-0.2, -0.15) is 8.78 Å². The fourth-order valence-corrected chi connectivity index (χ4v) is 1.90. The van der Waals surface area contributed by atoms with E-state index in [4.69, 9.17) is 4.74 Å². The molecule has 0 fully saturated rings. The molecule has 0 bridgehead atoms. The molecule has 0 saturated carbocycles. The van der Waals surface area contributed by atoms with Crippen molar-refractivity contribution in [3.8, 4) is 11.5 Å². The van der Waals surface area contributed by atoms with Crippen molar-refractivity contribution in [2.24, 2.45) is 0 Å². The van der Waals surface area contributed by atoms with Crippen LogP contribution in [0.4, 0.5) is 24.5 Å². The molecule has 0 heterocycles. The third-order valence-corrected chi connectivity index (χ3v) is 2.96. The molecule has 0 aliphatic rings. The zero-order valence-electron chi connectivity index (χ0n) is 12.7. The maximum Gasteiger partial charge on any atom is 0.387 e. The molecule has 0 aromatic heterocycles. The maximum absolute atomic E-state index is 12.8. The average molecular weight is 340 g/mol. The van der Waals surface area contributed by atoms with Gasteiger partial charge in [0.1, 0.15) is 5.82 Å². The van der Waals surface area contributed by atoms with Gasteiger partial charge in [0.05, 0.1) is 13.7 Å². The second-order valence-corrected chi connectivity index (χ2v) is 4.65. The Hall–Kier alpha value is -2.90. The number of methoxy groups -OCH3 is 1. The van der Waals surface area contributed by atoms with Gasteiger partial charge < -0.3 is 20.1 Å². The van der Waals surface area contributed by atoms with Crippen LogP contribution in [-0.4, -0.2) is 26.2 Å². The van der Waals surface area contributed by atoms with E-state index in [0.717, 1.165) is 0 Å². The Balaban J connectivity index is 1.95. The molecule has 2 aromatic rings. The lowest BCUT2D eigenvalue weighted by Gasteiger charge is -2.13. The molecule has 0 radical (unpaired) electrons. The molecule has 1 amide bonds. The average Bonchev–Trinajstić information content (AvgIpc) is 2.55. The number of carbonyl (C=O) groups excluding carboxylic acids is 1. The van der Waals surface area contributed by atoms with Gasteiger partial charge in [-0.15, -0.1) is 0 Å². The van der Waals surface area contributed by atoms with Gasteiger partial charge in [-0.25, -0.2) is 4.39 Å². The molecular formula is C16H15F3N2O3. The molecule has 2 rings (SSSR count). The third-order valence-electron chi connectivity index (χ3n) is 2.96. The maximum atomic E-state index is 12.8. The Bertz CT molecular complexity index is 693. The van der Waals surface area contributed by atoms with Crippen molar-refractivity contribution in [2.45, 2.75) is 6.61 Å². The van der Waals surface area contributed by atoms with E-state index >= 15 is 0 Å². The number of rotatable bonds is 7. The number of alkyl halides is 2. The Morgan fingerprint density at radius 1 is 1.08 bits per heavy atom. The fourth-order valence-electron chi connectivity index (χ4n) is 1.90. The molecule has 128 valence electrons. The van der Waals surface area contributed by atoms with Crippen LogP contribution in [-0.2, 0) is 4.79 Å². The monoisotopic (exact) mass is 340 g/mol. The highest BCUT2D eigenvalue weighted by Crippen LogP contribution is 2.31. The van der Waals surface area contributed by atoms with Crippen LogP contribution in [0, 0.1) is 5.82 Å². The van der Waals surface area contributed by atoms with E-state index in [-0.39, 0.29) is 24.0 Å². The molecular weight excluding hydrogens is 325 g/mol. The highest BCUT2D eigenvalue weighted by Gasteiger charge is 2.12. The summed E-state index contributed by atoms with van der Waals surface area (Å²) in [5.74, 6) is -0.780. The minimum Gasteiger partial charge on any atom is -0.493 e. The number of anilines is 2.